The summed E-state index contributed by atoms with van der Waals surface area (Å²) in [5.74, 6) is 0. The van der Waals surface area contributed by atoms with E-state index in [4.69, 9.17) is 0 Å². The van der Waals surface area contributed by atoms with Crippen molar-refractivity contribution in [1.29, 1.82) is 0 Å². The molecule has 0 saturated carbocycles. The molecule has 0 aromatic carbocycles. The summed E-state index contributed by atoms with van der Waals surface area (Å²) in [7, 11) is 0. The van der Waals surface area contributed by atoms with Crippen LogP contribution in [0.1, 0.15) is 27.2 Å². The van der Waals surface area contributed by atoms with Gasteiger partial charge in [0.25, 0.3) is 0 Å². The molecule has 2 rings (SSSR count). The van der Waals surface area contributed by atoms with E-state index in [1.54, 1.807) is 12.4 Å². The topological polar surface area (TPSA) is 30.7 Å². The molecule has 0 spiro atoms. The van der Waals surface area contributed by atoms with Crippen LogP contribution in [-0.4, -0.2) is 14.8 Å². The van der Waals surface area contributed by atoms with Gasteiger partial charge in [0.2, 0.25) is 0 Å². The minimum absolute atomic E-state index is 0.898. The van der Waals surface area contributed by atoms with Crippen molar-refractivity contribution in [3.8, 4) is 0 Å². The van der Waals surface area contributed by atoms with E-state index < -0.39 is 0 Å². The van der Waals surface area contributed by atoms with Gasteiger partial charge in [-0.25, -0.2) is 0 Å². The van der Waals surface area contributed by atoms with Crippen LogP contribution in [0.5, 0.6) is 0 Å². The maximum atomic E-state index is 4.17. The first-order chi connectivity index (χ1) is 6.83. The van der Waals surface area contributed by atoms with Gasteiger partial charge in [0.05, 0.1) is 11.7 Å². The van der Waals surface area contributed by atoms with Gasteiger partial charge in [-0.05, 0) is 19.1 Å². The molecule has 3 heteroatoms. The Morgan fingerprint density at radius 1 is 1.29 bits per heavy atom. The largest absolute Gasteiger partial charge is 0.264 e. The fourth-order valence-corrected chi connectivity index (χ4v) is 1.17. The molecule has 2 aromatic heterocycles. The SMILES string of the molecule is CCC.CCn1ncc2ncccc21. The van der Waals surface area contributed by atoms with Gasteiger partial charge >= 0.3 is 0 Å². The summed E-state index contributed by atoms with van der Waals surface area (Å²) in [4.78, 5) is 4.17. The second-order valence-corrected chi connectivity index (χ2v) is 3.08. The third kappa shape index (κ3) is 2.31. The molecule has 0 saturated heterocycles. The Balaban J connectivity index is 0.000000293. The van der Waals surface area contributed by atoms with E-state index in [0.29, 0.717) is 0 Å². The van der Waals surface area contributed by atoms with E-state index >= 15 is 0 Å². The number of nitrogens with zero attached hydrogens (tertiary/aromatic N) is 3. The molecule has 2 aromatic rings. The highest BCUT2D eigenvalue weighted by Gasteiger charge is 1.98. The van der Waals surface area contributed by atoms with E-state index in [1.165, 1.54) is 6.42 Å². The van der Waals surface area contributed by atoms with Crippen LogP contribution in [0.4, 0.5) is 0 Å². The molecular formula is C11H17N3. The Hall–Kier alpha value is -1.38. The van der Waals surface area contributed by atoms with Gasteiger partial charge in [0.15, 0.2) is 0 Å². The molecule has 0 fully saturated rings. The fraction of sp³-hybridized carbons (Fsp3) is 0.455. The number of hydrogen-bond acceptors (Lipinski definition) is 2. The van der Waals surface area contributed by atoms with Gasteiger partial charge in [-0.15, -0.1) is 0 Å². The van der Waals surface area contributed by atoms with Crippen molar-refractivity contribution >= 4 is 11.0 Å². The minimum atomic E-state index is 0.898. The van der Waals surface area contributed by atoms with E-state index in [-0.39, 0.29) is 0 Å². The average Bonchev–Trinajstić information content (AvgIpc) is 2.62. The van der Waals surface area contributed by atoms with Crippen LogP contribution in [0.25, 0.3) is 11.0 Å². The summed E-state index contributed by atoms with van der Waals surface area (Å²) in [6, 6.07) is 3.95. The summed E-state index contributed by atoms with van der Waals surface area (Å²) >= 11 is 0. The highest BCUT2D eigenvalue weighted by Crippen LogP contribution is 2.08. The van der Waals surface area contributed by atoms with Crippen LogP contribution in [0, 0.1) is 0 Å². The first kappa shape index (κ1) is 10.7. The molecule has 14 heavy (non-hydrogen) atoms. The molecule has 0 aliphatic carbocycles. The van der Waals surface area contributed by atoms with Crippen LogP contribution in [0.3, 0.4) is 0 Å². The second-order valence-electron chi connectivity index (χ2n) is 3.08. The first-order valence-corrected chi connectivity index (χ1v) is 5.10. The highest BCUT2D eigenvalue weighted by atomic mass is 15.3. The van der Waals surface area contributed by atoms with Gasteiger partial charge in [-0.1, -0.05) is 20.3 Å². The van der Waals surface area contributed by atoms with Crippen molar-refractivity contribution in [2.24, 2.45) is 0 Å². The Morgan fingerprint density at radius 3 is 2.64 bits per heavy atom. The molecule has 3 nitrogen and oxygen atoms in total. The summed E-state index contributed by atoms with van der Waals surface area (Å²) < 4.78 is 1.93. The maximum absolute atomic E-state index is 4.17. The third-order valence-corrected chi connectivity index (χ3v) is 1.71. The molecule has 0 atom stereocenters. The lowest BCUT2D eigenvalue weighted by Crippen LogP contribution is -1.94. The monoisotopic (exact) mass is 191 g/mol. The Morgan fingerprint density at radius 2 is 2.00 bits per heavy atom. The quantitative estimate of drug-likeness (QED) is 0.694. The fourth-order valence-electron chi connectivity index (χ4n) is 1.17. The molecule has 0 N–H and O–H groups in total. The average molecular weight is 191 g/mol. The lowest BCUT2D eigenvalue weighted by molar-refractivity contribution is 0.684. The van der Waals surface area contributed by atoms with Crippen molar-refractivity contribution in [1.82, 2.24) is 14.8 Å². The molecule has 2 heterocycles. The predicted molar refractivity (Wildman–Crippen MR) is 59.2 cm³/mol. The van der Waals surface area contributed by atoms with E-state index in [9.17, 15) is 0 Å². The number of fused-ring (bicyclic) bond motifs is 1. The Kier molecular flexibility index (Phi) is 4.11. The number of aryl methyl sites for hydroxylation is 1. The van der Waals surface area contributed by atoms with Gasteiger partial charge in [-0.2, -0.15) is 5.10 Å². The summed E-state index contributed by atoms with van der Waals surface area (Å²) in [5, 5.41) is 4.17. The normalized spacial score (nSPS) is 9.64. The number of hydrogen-bond donors (Lipinski definition) is 0. The van der Waals surface area contributed by atoms with Crippen LogP contribution in [0.2, 0.25) is 0 Å². The summed E-state index contributed by atoms with van der Waals surface area (Å²) in [6.45, 7) is 7.22. The van der Waals surface area contributed by atoms with Crippen molar-refractivity contribution in [2.45, 2.75) is 33.7 Å². The van der Waals surface area contributed by atoms with Crippen LogP contribution in [0.15, 0.2) is 24.5 Å². The van der Waals surface area contributed by atoms with Crippen LogP contribution in [-0.2, 0) is 6.54 Å². The molecule has 0 unspecified atom stereocenters. The van der Waals surface area contributed by atoms with Crippen molar-refractivity contribution in [3.63, 3.8) is 0 Å². The minimum Gasteiger partial charge on any atom is -0.264 e. The Bertz CT molecular complexity index is 379. The zero-order valence-corrected chi connectivity index (χ0v) is 9.07. The van der Waals surface area contributed by atoms with Crippen molar-refractivity contribution in [2.75, 3.05) is 0 Å². The molecule has 0 aliphatic heterocycles. The van der Waals surface area contributed by atoms with E-state index in [2.05, 4.69) is 30.9 Å². The second kappa shape index (κ2) is 5.37. The van der Waals surface area contributed by atoms with Crippen molar-refractivity contribution in [3.05, 3.63) is 24.5 Å². The summed E-state index contributed by atoms with van der Waals surface area (Å²) in [5.41, 5.74) is 2.07. The third-order valence-electron chi connectivity index (χ3n) is 1.71. The van der Waals surface area contributed by atoms with Gasteiger partial charge in [0.1, 0.15) is 5.52 Å². The highest BCUT2D eigenvalue weighted by molar-refractivity contribution is 5.73. The lowest BCUT2D eigenvalue weighted by atomic mass is 10.4. The Labute approximate surface area is 84.8 Å². The van der Waals surface area contributed by atoms with Crippen LogP contribution < -0.4 is 0 Å². The smallest absolute Gasteiger partial charge is 0.108 e. The van der Waals surface area contributed by atoms with Gasteiger partial charge in [-0.3, -0.25) is 9.67 Å². The zero-order valence-electron chi connectivity index (χ0n) is 9.07. The van der Waals surface area contributed by atoms with E-state index in [0.717, 1.165) is 17.6 Å². The molecule has 76 valence electrons. The molecule has 0 aliphatic rings. The molecular weight excluding hydrogens is 174 g/mol. The molecule has 0 bridgehead atoms. The van der Waals surface area contributed by atoms with Crippen molar-refractivity contribution < 1.29 is 0 Å². The maximum Gasteiger partial charge on any atom is 0.108 e. The lowest BCUT2D eigenvalue weighted by Gasteiger charge is -1.95. The summed E-state index contributed by atoms with van der Waals surface area (Å²) in [6.07, 6.45) is 4.82. The zero-order chi connectivity index (χ0) is 10.4. The standard InChI is InChI=1S/C8H9N3.C3H8/c1-2-11-8-4-3-5-9-7(8)6-10-11;1-3-2/h3-6H,2H2,1H3;3H2,1-2H3. The molecule has 0 amide bonds. The number of pyridine rings is 1. The van der Waals surface area contributed by atoms with E-state index in [1.807, 2.05) is 16.8 Å². The molecule has 0 radical (unpaired) electrons. The van der Waals surface area contributed by atoms with Crippen LogP contribution >= 0.6 is 0 Å². The number of aromatic nitrogens is 3. The van der Waals surface area contributed by atoms with Gasteiger partial charge < -0.3 is 0 Å². The predicted octanol–water partition coefficient (Wildman–Crippen LogP) is 2.87. The number of rotatable bonds is 1. The first-order valence-electron chi connectivity index (χ1n) is 5.10. The van der Waals surface area contributed by atoms with Gasteiger partial charge in [0, 0.05) is 12.7 Å².